The fourth-order valence-corrected chi connectivity index (χ4v) is 5.05. The van der Waals surface area contributed by atoms with Gasteiger partial charge in [-0.1, -0.05) is 30.3 Å². The second-order valence-corrected chi connectivity index (χ2v) is 8.28. The summed E-state index contributed by atoms with van der Waals surface area (Å²) < 4.78 is 0. The minimum absolute atomic E-state index is 0.239. The molecule has 1 aromatic heterocycles. The summed E-state index contributed by atoms with van der Waals surface area (Å²) in [7, 11) is 0. The summed E-state index contributed by atoms with van der Waals surface area (Å²) in [6.45, 7) is 0.272. The molecule has 1 spiro atoms. The molecule has 1 aliphatic heterocycles. The molecule has 0 saturated carbocycles. The molecule has 4 rings (SSSR count). The number of aryl methyl sites for hydroxylation is 2. The molecule has 1 aliphatic carbocycles. The van der Waals surface area contributed by atoms with Gasteiger partial charge in [-0.3, -0.25) is 14.5 Å². The van der Waals surface area contributed by atoms with E-state index in [2.05, 4.69) is 22.8 Å². The molecule has 2 N–H and O–H groups in total. The molecule has 2 aliphatic rings. The van der Waals surface area contributed by atoms with Gasteiger partial charge in [0.2, 0.25) is 5.91 Å². The van der Waals surface area contributed by atoms with Crippen molar-refractivity contribution in [2.75, 3.05) is 13.1 Å². The highest BCUT2D eigenvalue weighted by atomic mass is 32.1. The highest BCUT2D eigenvalue weighted by Gasteiger charge is 2.54. The number of imide groups is 1. The van der Waals surface area contributed by atoms with E-state index in [1.54, 1.807) is 11.3 Å². The monoisotopic (exact) mass is 397 g/mol. The van der Waals surface area contributed by atoms with Crippen LogP contribution in [0.4, 0.5) is 4.79 Å². The number of amides is 4. The molecule has 0 radical (unpaired) electrons. The number of carbonyl (C=O) groups excluding carboxylic acids is 3. The van der Waals surface area contributed by atoms with Crippen LogP contribution in [0.25, 0.3) is 0 Å². The Labute approximate surface area is 167 Å². The molecule has 4 amide bonds. The molecule has 146 valence electrons. The van der Waals surface area contributed by atoms with E-state index in [9.17, 15) is 14.4 Å². The van der Waals surface area contributed by atoms with Crippen molar-refractivity contribution >= 4 is 29.2 Å². The SMILES string of the molecule is O=C(CN1C(=O)N[C@@]2(CCCc3sccc32)C1=O)NCCCc1ccccc1. The van der Waals surface area contributed by atoms with Crippen molar-refractivity contribution in [1.29, 1.82) is 0 Å². The largest absolute Gasteiger partial charge is 0.355 e. The van der Waals surface area contributed by atoms with Crippen LogP contribution >= 0.6 is 11.3 Å². The minimum Gasteiger partial charge on any atom is -0.355 e. The lowest BCUT2D eigenvalue weighted by atomic mass is 9.80. The van der Waals surface area contributed by atoms with Gasteiger partial charge in [0.25, 0.3) is 5.91 Å². The fourth-order valence-electron chi connectivity index (χ4n) is 4.05. The maximum atomic E-state index is 13.1. The Balaban J connectivity index is 1.33. The van der Waals surface area contributed by atoms with E-state index < -0.39 is 11.6 Å². The van der Waals surface area contributed by atoms with Crippen LogP contribution in [-0.2, 0) is 28.0 Å². The van der Waals surface area contributed by atoms with Crippen LogP contribution in [0, 0.1) is 0 Å². The van der Waals surface area contributed by atoms with Crippen LogP contribution < -0.4 is 10.6 Å². The van der Waals surface area contributed by atoms with Crippen molar-refractivity contribution in [3.8, 4) is 0 Å². The Hall–Kier alpha value is -2.67. The molecular formula is C21H23N3O3S. The van der Waals surface area contributed by atoms with Gasteiger partial charge in [0.1, 0.15) is 12.1 Å². The molecule has 6 nitrogen and oxygen atoms in total. The Morgan fingerprint density at radius 1 is 1.21 bits per heavy atom. The maximum absolute atomic E-state index is 13.1. The summed E-state index contributed by atoms with van der Waals surface area (Å²) in [6.07, 6.45) is 4.03. The van der Waals surface area contributed by atoms with Gasteiger partial charge < -0.3 is 10.6 Å². The number of hydrogen-bond donors (Lipinski definition) is 2. The summed E-state index contributed by atoms with van der Waals surface area (Å²) in [5, 5.41) is 7.64. The van der Waals surface area contributed by atoms with Gasteiger partial charge in [-0.2, -0.15) is 0 Å². The van der Waals surface area contributed by atoms with Crippen molar-refractivity contribution < 1.29 is 14.4 Å². The Bertz CT molecular complexity index is 895. The molecule has 2 heterocycles. The van der Waals surface area contributed by atoms with E-state index in [1.165, 1.54) is 5.56 Å². The smallest absolute Gasteiger partial charge is 0.325 e. The summed E-state index contributed by atoms with van der Waals surface area (Å²) in [6, 6.07) is 11.5. The number of benzene rings is 1. The lowest BCUT2D eigenvalue weighted by Crippen LogP contribution is -2.46. The topological polar surface area (TPSA) is 78.5 Å². The van der Waals surface area contributed by atoms with Crippen LogP contribution in [0.15, 0.2) is 41.8 Å². The number of nitrogens with one attached hydrogen (secondary N) is 2. The summed E-state index contributed by atoms with van der Waals surface area (Å²) in [5.74, 6) is -0.619. The molecule has 28 heavy (non-hydrogen) atoms. The first-order valence-corrected chi connectivity index (χ1v) is 10.5. The fraction of sp³-hybridized carbons (Fsp3) is 0.381. The zero-order valence-corrected chi connectivity index (χ0v) is 16.4. The highest BCUT2D eigenvalue weighted by Crippen LogP contribution is 2.41. The van der Waals surface area contributed by atoms with Crippen LogP contribution in [0.5, 0.6) is 0 Å². The molecule has 1 saturated heterocycles. The number of rotatable bonds is 6. The quantitative estimate of drug-likeness (QED) is 0.581. The van der Waals surface area contributed by atoms with E-state index in [4.69, 9.17) is 0 Å². The second-order valence-electron chi connectivity index (χ2n) is 7.28. The standard InChI is InChI=1S/C21H23N3O3S/c25-18(22-12-5-8-15-6-2-1-3-7-15)14-24-19(26)21(23-20(24)27)11-4-9-17-16(21)10-13-28-17/h1-3,6-7,10,13H,4-5,8-9,11-12,14H2,(H,22,25)(H,23,27)/t21-/m1/s1. The van der Waals surface area contributed by atoms with Gasteiger partial charge >= 0.3 is 6.03 Å². The Morgan fingerprint density at radius 3 is 2.86 bits per heavy atom. The van der Waals surface area contributed by atoms with Gasteiger partial charge in [0, 0.05) is 17.0 Å². The first-order chi connectivity index (χ1) is 13.6. The molecule has 1 fully saturated rings. The van der Waals surface area contributed by atoms with Crippen molar-refractivity contribution in [3.05, 3.63) is 57.8 Å². The first-order valence-electron chi connectivity index (χ1n) is 9.62. The molecular weight excluding hydrogens is 374 g/mol. The highest BCUT2D eigenvalue weighted by molar-refractivity contribution is 7.10. The Morgan fingerprint density at radius 2 is 2.04 bits per heavy atom. The number of thiophene rings is 1. The third kappa shape index (κ3) is 3.42. The third-order valence-electron chi connectivity index (χ3n) is 5.45. The average Bonchev–Trinajstić information content (AvgIpc) is 3.27. The van der Waals surface area contributed by atoms with Crippen molar-refractivity contribution in [3.63, 3.8) is 0 Å². The van der Waals surface area contributed by atoms with Crippen LogP contribution in [0.2, 0.25) is 0 Å². The van der Waals surface area contributed by atoms with Gasteiger partial charge in [-0.05, 0) is 49.1 Å². The van der Waals surface area contributed by atoms with Crippen LogP contribution in [-0.4, -0.2) is 35.8 Å². The summed E-state index contributed by atoms with van der Waals surface area (Å²) >= 11 is 1.61. The zero-order chi connectivity index (χ0) is 19.6. The molecule has 1 atom stereocenters. The molecule has 2 aromatic rings. The van der Waals surface area contributed by atoms with E-state index in [-0.39, 0.29) is 18.4 Å². The molecule has 1 aromatic carbocycles. The molecule has 7 heteroatoms. The Kier molecular flexibility index (Phi) is 5.17. The number of urea groups is 1. The number of hydrogen-bond acceptors (Lipinski definition) is 4. The molecule has 0 bridgehead atoms. The van der Waals surface area contributed by atoms with Crippen LogP contribution in [0.3, 0.4) is 0 Å². The predicted molar refractivity (Wildman–Crippen MR) is 107 cm³/mol. The summed E-state index contributed by atoms with van der Waals surface area (Å²) in [5.41, 5.74) is 1.13. The minimum atomic E-state index is -0.988. The number of fused-ring (bicyclic) bond motifs is 2. The zero-order valence-electron chi connectivity index (χ0n) is 15.6. The van der Waals surface area contributed by atoms with Crippen molar-refractivity contribution in [2.24, 2.45) is 0 Å². The number of carbonyl (C=O) groups is 3. The number of nitrogens with zero attached hydrogens (tertiary/aromatic N) is 1. The predicted octanol–water partition coefficient (Wildman–Crippen LogP) is 2.58. The van der Waals surface area contributed by atoms with Gasteiger partial charge in [-0.15, -0.1) is 11.3 Å². The van der Waals surface area contributed by atoms with Crippen molar-refractivity contribution in [1.82, 2.24) is 15.5 Å². The normalized spacial score (nSPS) is 20.9. The van der Waals surface area contributed by atoms with E-state index in [0.29, 0.717) is 13.0 Å². The van der Waals surface area contributed by atoms with Gasteiger partial charge in [-0.25, -0.2) is 4.79 Å². The van der Waals surface area contributed by atoms with Crippen molar-refractivity contribution in [2.45, 2.75) is 37.6 Å². The van der Waals surface area contributed by atoms with E-state index in [0.717, 1.165) is 41.0 Å². The summed E-state index contributed by atoms with van der Waals surface area (Å²) in [4.78, 5) is 40.0. The first kappa shape index (κ1) is 18.7. The molecule has 0 unspecified atom stereocenters. The average molecular weight is 398 g/mol. The lowest BCUT2D eigenvalue weighted by Gasteiger charge is -2.31. The lowest BCUT2D eigenvalue weighted by molar-refractivity contribution is -0.135. The van der Waals surface area contributed by atoms with Gasteiger partial charge in [0.15, 0.2) is 0 Å². The van der Waals surface area contributed by atoms with Gasteiger partial charge in [0.05, 0.1) is 0 Å². The second kappa shape index (κ2) is 7.75. The van der Waals surface area contributed by atoms with E-state index in [1.807, 2.05) is 29.6 Å². The third-order valence-corrected chi connectivity index (χ3v) is 6.43. The maximum Gasteiger partial charge on any atom is 0.325 e. The van der Waals surface area contributed by atoms with E-state index >= 15 is 0 Å². The van der Waals surface area contributed by atoms with Crippen LogP contribution in [0.1, 0.15) is 35.3 Å².